The molecule has 112 valence electrons. The summed E-state index contributed by atoms with van der Waals surface area (Å²) >= 11 is 0. The minimum Gasteiger partial charge on any atom is -0.494 e. The first kappa shape index (κ1) is 15.3. The summed E-state index contributed by atoms with van der Waals surface area (Å²) in [5.74, 6) is -0.0489. The molecule has 0 unspecified atom stereocenters. The van der Waals surface area contributed by atoms with Gasteiger partial charge in [-0.3, -0.25) is 0 Å². The van der Waals surface area contributed by atoms with Crippen molar-refractivity contribution in [2.24, 2.45) is 0 Å². The van der Waals surface area contributed by atoms with Crippen molar-refractivity contribution in [3.05, 3.63) is 59.2 Å². The molecule has 0 heterocycles. The van der Waals surface area contributed by atoms with E-state index in [2.05, 4.69) is 5.32 Å². The molecule has 0 aliphatic rings. The smallest absolute Gasteiger partial charge is 0.146 e. The first-order valence-electron chi connectivity index (χ1n) is 7.01. The van der Waals surface area contributed by atoms with Crippen LogP contribution in [0, 0.1) is 18.6 Å². The maximum absolute atomic E-state index is 13.7. The third kappa shape index (κ3) is 4.18. The first-order chi connectivity index (χ1) is 10.1. The fourth-order valence-electron chi connectivity index (χ4n) is 1.90. The average molecular weight is 291 g/mol. The standard InChI is InChI=1S/C17H19F2NO/c1-3-8-21-14-6-4-13(5-7-14)11-20-17-10-15(18)12(2)9-16(17)19/h4-7,9-10,20H,3,8,11H2,1-2H3. The highest BCUT2D eigenvalue weighted by atomic mass is 19.1. The van der Waals surface area contributed by atoms with E-state index in [0.717, 1.165) is 17.7 Å². The van der Waals surface area contributed by atoms with Gasteiger partial charge in [-0.25, -0.2) is 8.78 Å². The molecule has 0 atom stereocenters. The van der Waals surface area contributed by atoms with Crippen LogP contribution in [0.4, 0.5) is 14.5 Å². The molecule has 0 bridgehead atoms. The summed E-state index contributed by atoms with van der Waals surface area (Å²) in [4.78, 5) is 0. The lowest BCUT2D eigenvalue weighted by Gasteiger charge is -2.10. The van der Waals surface area contributed by atoms with E-state index in [1.807, 2.05) is 31.2 Å². The molecule has 2 aromatic carbocycles. The highest BCUT2D eigenvalue weighted by Gasteiger charge is 2.07. The lowest BCUT2D eigenvalue weighted by Crippen LogP contribution is -2.03. The van der Waals surface area contributed by atoms with Crippen LogP contribution in [-0.2, 0) is 6.54 Å². The SMILES string of the molecule is CCCOc1ccc(CNc2cc(F)c(C)cc2F)cc1. The van der Waals surface area contributed by atoms with Crippen LogP contribution in [0.2, 0.25) is 0 Å². The Kier molecular flexibility index (Phi) is 5.14. The maximum Gasteiger partial charge on any atom is 0.146 e. The second-order valence-corrected chi connectivity index (χ2v) is 4.93. The molecule has 2 nitrogen and oxygen atoms in total. The van der Waals surface area contributed by atoms with Crippen LogP contribution >= 0.6 is 0 Å². The summed E-state index contributed by atoms with van der Waals surface area (Å²) in [6, 6.07) is 9.93. The first-order valence-corrected chi connectivity index (χ1v) is 7.01. The Hall–Kier alpha value is -2.10. The molecule has 0 fully saturated rings. The third-order valence-corrected chi connectivity index (χ3v) is 3.13. The molecule has 2 rings (SSSR count). The monoisotopic (exact) mass is 291 g/mol. The summed E-state index contributed by atoms with van der Waals surface area (Å²) in [5, 5.41) is 2.90. The summed E-state index contributed by atoms with van der Waals surface area (Å²) in [6.45, 7) is 4.70. The number of aryl methyl sites for hydroxylation is 1. The zero-order valence-electron chi connectivity index (χ0n) is 12.2. The number of nitrogens with one attached hydrogen (secondary N) is 1. The van der Waals surface area contributed by atoms with E-state index in [1.54, 1.807) is 0 Å². The van der Waals surface area contributed by atoms with Crippen LogP contribution in [0.25, 0.3) is 0 Å². The summed E-state index contributed by atoms with van der Waals surface area (Å²) in [7, 11) is 0. The molecule has 0 aliphatic heterocycles. The number of hydrogen-bond donors (Lipinski definition) is 1. The lowest BCUT2D eigenvalue weighted by molar-refractivity contribution is 0.317. The summed E-state index contributed by atoms with van der Waals surface area (Å²) < 4.78 is 32.6. The second-order valence-electron chi connectivity index (χ2n) is 4.93. The quantitative estimate of drug-likeness (QED) is 0.834. The van der Waals surface area contributed by atoms with Gasteiger partial charge in [-0.2, -0.15) is 0 Å². The van der Waals surface area contributed by atoms with Gasteiger partial charge < -0.3 is 10.1 Å². The van der Waals surface area contributed by atoms with E-state index in [1.165, 1.54) is 19.1 Å². The Labute approximate surface area is 123 Å². The molecule has 0 saturated heterocycles. The molecule has 21 heavy (non-hydrogen) atoms. The molecular formula is C17H19F2NO. The Morgan fingerprint density at radius 3 is 2.43 bits per heavy atom. The number of benzene rings is 2. The van der Waals surface area contributed by atoms with E-state index in [-0.39, 0.29) is 5.69 Å². The van der Waals surface area contributed by atoms with Gasteiger partial charge in [0, 0.05) is 12.6 Å². The van der Waals surface area contributed by atoms with Crippen LogP contribution in [0.1, 0.15) is 24.5 Å². The Morgan fingerprint density at radius 2 is 1.76 bits per heavy atom. The zero-order valence-corrected chi connectivity index (χ0v) is 12.2. The van der Waals surface area contributed by atoms with Crippen LogP contribution in [0.5, 0.6) is 5.75 Å². The van der Waals surface area contributed by atoms with Gasteiger partial charge in [0.2, 0.25) is 0 Å². The van der Waals surface area contributed by atoms with Crippen LogP contribution in [-0.4, -0.2) is 6.61 Å². The van der Waals surface area contributed by atoms with E-state index < -0.39 is 11.6 Å². The molecule has 0 aromatic heterocycles. The highest BCUT2D eigenvalue weighted by Crippen LogP contribution is 2.20. The maximum atomic E-state index is 13.7. The van der Waals surface area contributed by atoms with Gasteiger partial charge in [0.1, 0.15) is 17.4 Å². The predicted octanol–water partition coefficient (Wildman–Crippen LogP) is 4.67. The van der Waals surface area contributed by atoms with Gasteiger partial charge in [-0.15, -0.1) is 0 Å². The van der Waals surface area contributed by atoms with E-state index in [9.17, 15) is 8.78 Å². The molecule has 2 aromatic rings. The van der Waals surface area contributed by atoms with Gasteiger partial charge in [0.25, 0.3) is 0 Å². The van der Waals surface area contributed by atoms with Gasteiger partial charge in [0.05, 0.1) is 12.3 Å². The molecule has 0 amide bonds. The molecule has 0 saturated carbocycles. The van der Waals surface area contributed by atoms with Crippen molar-refractivity contribution >= 4 is 5.69 Å². The van der Waals surface area contributed by atoms with Gasteiger partial charge in [0.15, 0.2) is 0 Å². The van der Waals surface area contributed by atoms with Gasteiger partial charge >= 0.3 is 0 Å². The van der Waals surface area contributed by atoms with Gasteiger partial charge in [-0.05, 0) is 42.7 Å². The van der Waals surface area contributed by atoms with Crippen LogP contribution in [0.3, 0.4) is 0 Å². The van der Waals surface area contributed by atoms with Gasteiger partial charge in [-0.1, -0.05) is 19.1 Å². The van der Waals surface area contributed by atoms with Crippen molar-refractivity contribution in [1.82, 2.24) is 0 Å². The molecule has 0 aliphatic carbocycles. The number of anilines is 1. The number of halogens is 2. The molecule has 0 radical (unpaired) electrons. The van der Waals surface area contributed by atoms with Crippen molar-refractivity contribution in [2.45, 2.75) is 26.8 Å². The van der Waals surface area contributed by atoms with Crippen molar-refractivity contribution in [1.29, 1.82) is 0 Å². The molecular weight excluding hydrogens is 272 g/mol. The van der Waals surface area contributed by atoms with Crippen molar-refractivity contribution in [2.75, 3.05) is 11.9 Å². The van der Waals surface area contributed by atoms with Crippen LogP contribution in [0.15, 0.2) is 36.4 Å². The minimum absolute atomic E-state index is 0.171. The second kappa shape index (κ2) is 7.07. The predicted molar refractivity (Wildman–Crippen MR) is 80.6 cm³/mol. The Balaban J connectivity index is 1.98. The summed E-state index contributed by atoms with van der Waals surface area (Å²) in [5.41, 5.74) is 1.44. The lowest BCUT2D eigenvalue weighted by atomic mass is 10.2. The van der Waals surface area contributed by atoms with E-state index >= 15 is 0 Å². The highest BCUT2D eigenvalue weighted by molar-refractivity contribution is 5.47. The van der Waals surface area contributed by atoms with Crippen molar-refractivity contribution in [3.63, 3.8) is 0 Å². The van der Waals surface area contributed by atoms with Crippen molar-refractivity contribution in [3.8, 4) is 5.75 Å². The molecule has 1 N–H and O–H groups in total. The average Bonchev–Trinajstić information content (AvgIpc) is 2.48. The Bertz CT molecular complexity index is 596. The van der Waals surface area contributed by atoms with Crippen molar-refractivity contribution < 1.29 is 13.5 Å². The Morgan fingerprint density at radius 1 is 1.05 bits per heavy atom. The molecule has 0 spiro atoms. The largest absolute Gasteiger partial charge is 0.494 e. The third-order valence-electron chi connectivity index (χ3n) is 3.13. The fourth-order valence-corrected chi connectivity index (χ4v) is 1.90. The number of hydrogen-bond acceptors (Lipinski definition) is 2. The normalized spacial score (nSPS) is 10.5. The van der Waals surface area contributed by atoms with E-state index in [0.29, 0.717) is 18.7 Å². The number of ether oxygens (including phenoxy) is 1. The minimum atomic E-state index is -0.447. The molecule has 4 heteroatoms. The number of rotatable bonds is 6. The van der Waals surface area contributed by atoms with E-state index in [4.69, 9.17) is 4.74 Å². The fraction of sp³-hybridized carbons (Fsp3) is 0.294. The zero-order chi connectivity index (χ0) is 15.2. The topological polar surface area (TPSA) is 21.3 Å². The van der Waals surface area contributed by atoms with Crippen LogP contribution < -0.4 is 10.1 Å². The summed E-state index contributed by atoms with van der Waals surface area (Å²) in [6.07, 6.45) is 0.960.